The molecule has 1 fully saturated rings. The van der Waals surface area contributed by atoms with Crippen LogP contribution in [-0.4, -0.2) is 24.8 Å². The Morgan fingerprint density at radius 3 is 2.43 bits per heavy atom. The van der Waals surface area contributed by atoms with Crippen LogP contribution < -0.4 is 0 Å². The molecule has 2 nitrogen and oxygen atoms in total. The molecule has 0 aromatic carbocycles. The first kappa shape index (κ1) is 5.06. The number of hydrogen-bond donors (Lipinski definition) is 0. The van der Waals surface area contributed by atoms with Crippen molar-refractivity contribution in [1.82, 2.24) is 5.06 Å². The second kappa shape index (κ2) is 1.80. The predicted molar refractivity (Wildman–Crippen MR) is 27.8 cm³/mol. The van der Waals surface area contributed by atoms with Crippen LogP contribution in [0.25, 0.3) is 0 Å². The fraction of sp³-hybridized carbons (Fsp3) is 1.00. The molecule has 0 radical (unpaired) electrons. The van der Waals surface area contributed by atoms with Crippen molar-refractivity contribution in [2.24, 2.45) is 0 Å². The van der Waals surface area contributed by atoms with Crippen LogP contribution in [-0.2, 0) is 4.84 Å². The van der Waals surface area contributed by atoms with Gasteiger partial charge in [-0.05, 0) is 13.3 Å². The molecule has 0 saturated carbocycles. The second-order valence-corrected chi connectivity index (χ2v) is 1.96. The highest BCUT2D eigenvalue weighted by Gasteiger charge is 2.22. The molecule has 0 bridgehead atoms. The predicted octanol–water partition coefficient (Wildman–Crippen LogP) is 0.642. The molecule has 0 spiro atoms. The lowest BCUT2D eigenvalue weighted by Gasteiger charge is -2.35. The van der Waals surface area contributed by atoms with Crippen molar-refractivity contribution < 1.29 is 4.84 Å². The van der Waals surface area contributed by atoms with Gasteiger partial charge >= 0.3 is 0 Å². The van der Waals surface area contributed by atoms with E-state index in [1.807, 2.05) is 5.06 Å². The molecule has 1 aliphatic rings. The first-order valence-corrected chi connectivity index (χ1v) is 2.65. The van der Waals surface area contributed by atoms with Crippen LogP contribution in [0.3, 0.4) is 0 Å². The van der Waals surface area contributed by atoms with Crippen molar-refractivity contribution in [3.05, 3.63) is 0 Å². The summed E-state index contributed by atoms with van der Waals surface area (Å²) in [5.74, 6) is 0. The van der Waals surface area contributed by atoms with Crippen LogP contribution in [0.15, 0.2) is 0 Å². The second-order valence-electron chi connectivity index (χ2n) is 1.96. The Balaban J connectivity index is 2.16. The normalized spacial score (nSPS) is 32.6. The summed E-state index contributed by atoms with van der Waals surface area (Å²) in [6.45, 7) is 3.27. The largest absolute Gasteiger partial charge is 0.302 e. The van der Waals surface area contributed by atoms with Crippen LogP contribution in [0, 0.1) is 0 Å². The topological polar surface area (TPSA) is 12.5 Å². The maximum absolute atomic E-state index is 4.93. The van der Waals surface area contributed by atoms with Crippen LogP contribution in [0.4, 0.5) is 0 Å². The molecule has 0 aromatic rings. The molecule has 1 atom stereocenters. The van der Waals surface area contributed by atoms with Gasteiger partial charge in [-0.25, -0.2) is 0 Å². The minimum atomic E-state index is 0.657. The third-order valence-electron chi connectivity index (χ3n) is 1.49. The third-order valence-corrected chi connectivity index (χ3v) is 1.49. The van der Waals surface area contributed by atoms with E-state index in [1.165, 1.54) is 6.42 Å². The Bertz CT molecular complexity index is 63.1. The zero-order chi connectivity index (χ0) is 5.28. The maximum atomic E-state index is 4.93. The number of nitrogens with zero attached hydrogens (tertiary/aromatic N) is 1. The summed E-state index contributed by atoms with van der Waals surface area (Å²) in [6.07, 6.45) is 1.29. The van der Waals surface area contributed by atoms with Crippen molar-refractivity contribution in [3.8, 4) is 0 Å². The Labute approximate surface area is 44.0 Å². The van der Waals surface area contributed by atoms with Gasteiger partial charge in [-0.1, -0.05) is 0 Å². The Kier molecular flexibility index (Phi) is 1.30. The highest BCUT2D eigenvalue weighted by Crippen LogP contribution is 2.14. The smallest absolute Gasteiger partial charge is 0.0575 e. The summed E-state index contributed by atoms with van der Waals surface area (Å²) in [7, 11) is 1.72. The highest BCUT2D eigenvalue weighted by atomic mass is 16.7. The summed E-state index contributed by atoms with van der Waals surface area (Å²) < 4.78 is 0. The minimum absolute atomic E-state index is 0.657. The van der Waals surface area contributed by atoms with Gasteiger partial charge in [0, 0.05) is 12.6 Å². The molecule has 0 unspecified atom stereocenters. The molecule has 0 amide bonds. The highest BCUT2D eigenvalue weighted by molar-refractivity contribution is 4.70. The van der Waals surface area contributed by atoms with Gasteiger partial charge < -0.3 is 4.84 Å². The number of hydroxylamine groups is 2. The zero-order valence-corrected chi connectivity index (χ0v) is 4.85. The molecular formula is C5H11NO. The Morgan fingerprint density at radius 1 is 1.71 bits per heavy atom. The van der Waals surface area contributed by atoms with E-state index in [2.05, 4.69) is 6.92 Å². The molecule has 0 aromatic heterocycles. The van der Waals surface area contributed by atoms with Gasteiger partial charge in [0.15, 0.2) is 0 Å². The summed E-state index contributed by atoms with van der Waals surface area (Å²) in [6, 6.07) is 0.657. The molecule has 42 valence electrons. The van der Waals surface area contributed by atoms with E-state index in [1.54, 1.807) is 7.11 Å². The van der Waals surface area contributed by atoms with Gasteiger partial charge in [0.05, 0.1) is 7.11 Å². The van der Waals surface area contributed by atoms with E-state index in [9.17, 15) is 0 Å². The summed E-state index contributed by atoms with van der Waals surface area (Å²) in [5, 5.41) is 1.97. The lowest BCUT2D eigenvalue weighted by Crippen LogP contribution is -2.44. The number of hydrogen-bond acceptors (Lipinski definition) is 2. The summed E-state index contributed by atoms with van der Waals surface area (Å²) in [5.41, 5.74) is 0. The van der Waals surface area contributed by atoms with Crippen LogP contribution >= 0.6 is 0 Å². The van der Waals surface area contributed by atoms with Crippen LogP contribution in [0.2, 0.25) is 0 Å². The van der Waals surface area contributed by atoms with E-state index in [0.29, 0.717) is 6.04 Å². The van der Waals surface area contributed by atoms with Gasteiger partial charge in [0.1, 0.15) is 0 Å². The first-order valence-electron chi connectivity index (χ1n) is 2.65. The molecule has 2 heteroatoms. The van der Waals surface area contributed by atoms with Crippen LogP contribution in [0.1, 0.15) is 13.3 Å². The average Bonchev–Trinajstić information content (AvgIpc) is 1.65. The van der Waals surface area contributed by atoms with E-state index in [0.717, 1.165) is 6.54 Å². The molecule has 7 heavy (non-hydrogen) atoms. The van der Waals surface area contributed by atoms with E-state index < -0.39 is 0 Å². The van der Waals surface area contributed by atoms with Crippen molar-refractivity contribution in [2.75, 3.05) is 13.7 Å². The molecule has 0 N–H and O–H groups in total. The summed E-state index contributed by atoms with van der Waals surface area (Å²) in [4.78, 5) is 4.93. The van der Waals surface area contributed by atoms with Gasteiger partial charge in [-0.2, -0.15) is 5.06 Å². The van der Waals surface area contributed by atoms with E-state index in [-0.39, 0.29) is 0 Å². The number of rotatable bonds is 1. The SMILES string of the molecule is CON1CC[C@@H]1C. The lowest BCUT2D eigenvalue weighted by molar-refractivity contribution is -0.205. The molecule has 1 heterocycles. The fourth-order valence-electron chi connectivity index (χ4n) is 0.764. The van der Waals surface area contributed by atoms with Crippen molar-refractivity contribution >= 4 is 0 Å². The molecule has 0 aliphatic carbocycles. The van der Waals surface area contributed by atoms with Gasteiger partial charge in [-0.15, -0.1) is 0 Å². The van der Waals surface area contributed by atoms with Crippen molar-refractivity contribution in [2.45, 2.75) is 19.4 Å². The van der Waals surface area contributed by atoms with Gasteiger partial charge in [0.25, 0.3) is 0 Å². The van der Waals surface area contributed by atoms with Gasteiger partial charge in [0.2, 0.25) is 0 Å². The van der Waals surface area contributed by atoms with Crippen molar-refractivity contribution in [3.63, 3.8) is 0 Å². The molecule has 1 saturated heterocycles. The first-order chi connectivity index (χ1) is 3.34. The quantitative estimate of drug-likeness (QED) is 0.480. The van der Waals surface area contributed by atoms with E-state index >= 15 is 0 Å². The Hall–Kier alpha value is -0.0800. The monoisotopic (exact) mass is 101 g/mol. The van der Waals surface area contributed by atoms with Gasteiger partial charge in [-0.3, -0.25) is 0 Å². The molecule has 1 rings (SSSR count). The summed E-state index contributed by atoms with van der Waals surface area (Å²) >= 11 is 0. The Morgan fingerprint density at radius 2 is 2.43 bits per heavy atom. The van der Waals surface area contributed by atoms with Crippen LogP contribution in [0.5, 0.6) is 0 Å². The lowest BCUT2D eigenvalue weighted by atomic mass is 10.1. The van der Waals surface area contributed by atoms with Crippen molar-refractivity contribution in [1.29, 1.82) is 0 Å². The molecule has 1 aliphatic heterocycles. The standard InChI is InChI=1S/C5H11NO/c1-5-3-4-6(5)7-2/h5H,3-4H2,1-2H3/t5-/m0/s1. The molecular weight excluding hydrogens is 90.1 g/mol. The maximum Gasteiger partial charge on any atom is 0.0575 e. The minimum Gasteiger partial charge on any atom is -0.302 e. The average molecular weight is 101 g/mol. The van der Waals surface area contributed by atoms with E-state index in [4.69, 9.17) is 4.84 Å². The third kappa shape index (κ3) is 0.763. The zero-order valence-electron chi connectivity index (χ0n) is 4.85. The fourth-order valence-corrected chi connectivity index (χ4v) is 0.764.